The van der Waals surface area contributed by atoms with Crippen molar-refractivity contribution in [3.05, 3.63) is 11.4 Å². The minimum absolute atomic E-state index is 0.0143. The van der Waals surface area contributed by atoms with Gasteiger partial charge >= 0.3 is 0 Å². The van der Waals surface area contributed by atoms with Crippen molar-refractivity contribution in [3.63, 3.8) is 0 Å². The molecule has 1 aromatic rings. The first-order valence-corrected chi connectivity index (χ1v) is 6.56. The Morgan fingerprint density at radius 3 is 2.35 bits per heavy atom. The number of aromatic nitrogens is 2. The molecule has 1 N–H and O–H groups in total. The molecule has 0 aliphatic carbocycles. The van der Waals surface area contributed by atoms with Gasteiger partial charge in [0.1, 0.15) is 5.69 Å². The standard InChI is InChI=1S/C14H23N3O3/c1-9-13(10(2)17(6)16-9)20-8-12(19)15-7-11(18)14(3,4)5/h7-8H2,1-6H3,(H,15,19). The van der Waals surface area contributed by atoms with Crippen LogP contribution in [-0.2, 0) is 16.6 Å². The highest BCUT2D eigenvalue weighted by Crippen LogP contribution is 2.21. The number of hydrogen-bond acceptors (Lipinski definition) is 4. The van der Waals surface area contributed by atoms with Crippen LogP contribution in [0.15, 0.2) is 0 Å². The minimum Gasteiger partial charge on any atom is -0.480 e. The number of Topliss-reactive ketones (excluding diaryl/α,β-unsaturated/α-hetero) is 1. The van der Waals surface area contributed by atoms with E-state index in [2.05, 4.69) is 10.4 Å². The van der Waals surface area contributed by atoms with E-state index in [1.54, 1.807) is 4.68 Å². The highest BCUT2D eigenvalue weighted by Gasteiger charge is 2.21. The van der Waals surface area contributed by atoms with Gasteiger partial charge in [0.05, 0.1) is 12.2 Å². The van der Waals surface area contributed by atoms with E-state index in [0.717, 1.165) is 11.4 Å². The van der Waals surface area contributed by atoms with Crippen LogP contribution in [0.5, 0.6) is 5.75 Å². The zero-order chi connectivity index (χ0) is 15.5. The molecule has 0 radical (unpaired) electrons. The fraction of sp³-hybridized carbons (Fsp3) is 0.643. The Balaban J connectivity index is 2.47. The van der Waals surface area contributed by atoms with Gasteiger partial charge in [-0.05, 0) is 13.8 Å². The minimum atomic E-state index is -0.454. The van der Waals surface area contributed by atoms with Crippen molar-refractivity contribution in [1.82, 2.24) is 15.1 Å². The first-order valence-electron chi connectivity index (χ1n) is 6.56. The summed E-state index contributed by atoms with van der Waals surface area (Å²) in [6.45, 7) is 9.06. The van der Waals surface area contributed by atoms with Crippen molar-refractivity contribution >= 4 is 11.7 Å². The molecule has 0 bridgehead atoms. The fourth-order valence-electron chi connectivity index (χ4n) is 1.60. The number of amides is 1. The van der Waals surface area contributed by atoms with Gasteiger partial charge in [0.2, 0.25) is 0 Å². The Bertz CT molecular complexity index is 512. The maximum Gasteiger partial charge on any atom is 0.258 e. The summed E-state index contributed by atoms with van der Waals surface area (Å²) in [5, 5.41) is 6.77. The quantitative estimate of drug-likeness (QED) is 0.878. The maximum absolute atomic E-state index is 11.7. The first-order chi connectivity index (χ1) is 9.12. The number of aryl methyl sites for hydroxylation is 2. The second kappa shape index (κ2) is 6.07. The van der Waals surface area contributed by atoms with Gasteiger partial charge in [-0.1, -0.05) is 20.8 Å². The monoisotopic (exact) mass is 281 g/mol. The molecule has 0 fully saturated rings. The van der Waals surface area contributed by atoms with Gasteiger partial charge in [-0.25, -0.2) is 0 Å². The van der Waals surface area contributed by atoms with E-state index in [0.29, 0.717) is 5.75 Å². The lowest BCUT2D eigenvalue weighted by molar-refractivity contribution is -0.129. The largest absolute Gasteiger partial charge is 0.480 e. The van der Waals surface area contributed by atoms with Gasteiger partial charge in [-0.15, -0.1) is 0 Å². The van der Waals surface area contributed by atoms with Crippen LogP contribution >= 0.6 is 0 Å². The summed E-state index contributed by atoms with van der Waals surface area (Å²) in [5.74, 6) is 0.287. The predicted octanol–water partition coefficient (Wildman–Crippen LogP) is 1.15. The molecule has 0 unspecified atom stereocenters. The van der Waals surface area contributed by atoms with E-state index in [1.807, 2.05) is 41.7 Å². The lowest BCUT2D eigenvalue weighted by atomic mass is 9.91. The number of carbonyl (C=O) groups excluding carboxylic acids is 2. The second-order valence-electron chi connectivity index (χ2n) is 5.86. The maximum atomic E-state index is 11.7. The first kappa shape index (κ1) is 16.2. The summed E-state index contributed by atoms with van der Waals surface area (Å²) in [6, 6.07) is 0. The van der Waals surface area contributed by atoms with Crippen LogP contribution in [-0.4, -0.2) is 34.6 Å². The van der Waals surface area contributed by atoms with Gasteiger partial charge in [-0.3, -0.25) is 14.3 Å². The molecule has 0 aliphatic rings. The Morgan fingerprint density at radius 1 is 1.30 bits per heavy atom. The molecule has 112 valence electrons. The molecule has 0 atom stereocenters. The molecule has 0 saturated heterocycles. The molecule has 6 nitrogen and oxygen atoms in total. The number of rotatable bonds is 5. The Morgan fingerprint density at radius 2 is 1.90 bits per heavy atom. The smallest absolute Gasteiger partial charge is 0.258 e. The molecule has 20 heavy (non-hydrogen) atoms. The van der Waals surface area contributed by atoms with E-state index in [4.69, 9.17) is 4.74 Å². The lowest BCUT2D eigenvalue weighted by Crippen LogP contribution is -2.37. The average molecular weight is 281 g/mol. The molecule has 1 heterocycles. The number of nitrogens with one attached hydrogen (secondary N) is 1. The summed E-state index contributed by atoms with van der Waals surface area (Å²) < 4.78 is 7.16. The zero-order valence-corrected chi connectivity index (χ0v) is 13.0. The molecule has 1 amide bonds. The summed E-state index contributed by atoms with van der Waals surface area (Å²) in [6.07, 6.45) is 0. The Kier molecular flexibility index (Phi) is 4.92. The Labute approximate surface area is 119 Å². The normalized spacial score (nSPS) is 11.3. The van der Waals surface area contributed by atoms with Gasteiger partial charge in [0.25, 0.3) is 5.91 Å². The third-order valence-electron chi connectivity index (χ3n) is 3.07. The van der Waals surface area contributed by atoms with Crippen molar-refractivity contribution in [3.8, 4) is 5.75 Å². The van der Waals surface area contributed by atoms with Crippen LogP contribution < -0.4 is 10.1 Å². The molecule has 0 saturated carbocycles. The van der Waals surface area contributed by atoms with Crippen molar-refractivity contribution in [2.24, 2.45) is 12.5 Å². The van der Waals surface area contributed by atoms with Gasteiger partial charge in [0.15, 0.2) is 18.1 Å². The fourth-order valence-corrected chi connectivity index (χ4v) is 1.60. The van der Waals surface area contributed by atoms with Crippen molar-refractivity contribution in [1.29, 1.82) is 0 Å². The van der Waals surface area contributed by atoms with Crippen LogP contribution in [0.1, 0.15) is 32.2 Å². The highest BCUT2D eigenvalue weighted by molar-refractivity contribution is 5.89. The molecular weight excluding hydrogens is 258 g/mol. The van der Waals surface area contributed by atoms with Gasteiger partial charge in [-0.2, -0.15) is 5.10 Å². The number of ether oxygens (including phenoxy) is 1. The summed E-state index contributed by atoms with van der Waals surface area (Å²) in [7, 11) is 1.82. The van der Waals surface area contributed by atoms with Crippen LogP contribution in [0, 0.1) is 19.3 Å². The molecule has 6 heteroatoms. The van der Waals surface area contributed by atoms with Crippen molar-refractivity contribution in [2.45, 2.75) is 34.6 Å². The highest BCUT2D eigenvalue weighted by atomic mass is 16.5. The second-order valence-corrected chi connectivity index (χ2v) is 5.86. The zero-order valence-electron chi connectivity index (χ0n) is 13.0. The molecular formula is C14H23N3O3. The van der Waals surface area contributed by atoms with Crippen molar-refractivity contribution < 1.29 is 14.3 Å². The molecule has 1 rings (SSSR count). The molecule has 1 aromatic heterocycles. The molecule has 0 aromatic carbocycles. The third kappa shape index (κ3) is 4.08. The van der Waals surface area contributed by atoms with E-state index < -0.39 is 5.41 Å². The lowest BCUT2D eigenvalue weighted by Gasteiger charge is -2.16. The number of carbonyl (C=O) groups is 2. The van der Waals surface area contributed by atoms with Crippen LogP contribution in [0.4, 0.5) is 0 Å². The predicted molar refractivity (Wildman–Crippen MR) is 75.6 cm³/mol. The van der Waals surface area contributed by atoms with E-state index in [9.17, 15) is 9.59 Å². The molecule has 0 aliphatic heterocycles. The average Bonchev–Trinajstić information content (AvgIpc) is 2.57. The number of nitrogens with zero attached hydrogens (tertiary/aromatic N) is 2. The van der Waals surface area contributed by atoms with Crippen molar-refractivity contribution in [2.75, 3.05) is 13.2 Å². The summed E-state index contributed by atoms with van der Waals surface area (Å²) in [5.41, 5.74) is 1.15. The SMILES string of the molecule is Cc1nn(C)c(C)c1OCC(=O)NCC(=O)C(C)(C)C. The van der Waals surface area contributed by atoms with E-state index >= 15 is 0 Å². The topological polar surface area (TPSA) is 73.2 Å². The third-order valence-corrected chi connectivity index (χ3v) is 3.07. The van der Waals surface area contributed by atoms with E-state index in [1.165, 1.54) is 0 Å². The summed E-state index contributed by atoms with van der Waals surface area (Å²) in [4.78, 5) is 23.3. The summed E-state index contributed by atoms with van der Waals surface area (Å²) >= 11 is 0. The van der Waals surface area contributed by atoms with Crippen LogP contribution in [0.25, 0.3) is 0 Å². The Hall–Kier alpha value is -1.85. The number of ketones is 1. The van der Waals surface area contributed by atoms with Crippen LogP contribution in [0.3, 0.4) is 0 Å². The van der Waals surface area contributed by atoms with Crippen LogP contribution in [0.2, 0.25) is 0 Å². The molecule has 0 spiro atoms. The van der Waals surface area contributed by atoms with Gasteiger partial charge < -0.3 is 10.1 Å². The number of hydrogen-bond donors (Lipinski definition) is 1. The van der Waals surface area contributed by atoms with E-state index in [-0.39, 0.29) is 24.8 Å². The van der Waals surface area contributed by atoms with Gasteiger partial charge in [0, 0.05) is 12.5 Å².